The van der Waals surface area contributed by atoms with Crippen molar-refractivity contribution in [2.24, 2.45) is 0 Å². The fraction of sp³-hybridized carbons (Fsp3) is 0.571. The summed E-state index contributed by atoms with van der Waals surface area (Å²) >= 11 is 2.30. The number of hydrogen-bond donors (Lipinski definition) is 1. The van der Waals surface area contributed by atoms with Crippen LogP contribution in [0.5, 0.6) is 0 Å². The van der Waals surface area contributed by atoms with Crippen LogP contribution in [0.15, 0.2) is 24.3 Å². The van der Waals surface area contributed by atoms with Crippen LogP contribution in [0.4, 0.5) is 0 Å². The molecule has 1 heterocycles. The van der Waals surface area contributed by atoms with Crippen molar-refractivity contribution in [3.05, 3.63) is 33.4 Å². The van der Waals surface area contributed by atoms with E-state index in [9.17, 15) is 8.42 Å². The molecule has 112 valence electrons. The predicted molar refractivity (Wildman–Crippen MR) is 90.1 cm³/mol. The highest BCUT2D eigenvalue weighted by Gasteiger charge is 2.25. The Kier molecular flexibility index (Phi) is 5.44. The Bertz CT molecular complexity index is 537. The molecule has 0 amide bonds. The maximum absolute atomic E-state index is 11.5. The molecule has 0 aliphatic carbocycles. The molecular weight excluding hydrogens is 387 g/mol. The molecule has 0 radical (unpaired) electrons. The van der Waals surface area contributed by atoms with Gasteiger partial charge in [0.25, 0.3) is 0 Å². The summed E-state index contributed by atoms with van der Waals surface area (Å²) < 4.78 is 25.8. The highest BCUT2D eigenvalue weighted by molar-refractivity contribution is 14.1. The van der Waals surface area contributed by atoms with Crippen LogP contribution in [-0.4, -0.2) is 38.1 Å². The maximum atomic E-state index is 11.5. The van der Waals surface area contributed by atoms with Crippen molar-refractivity contribution < 1.29 is 8.42 Å². The van der Waals surface area contributed by atoms with Crippen LogP contribution in [0.1, 0.15) is 31.4 Å². The van der Waals surface area contributed by atoms with E-state index in [0.29, 0.717) is 25.2 Å². The molecule has 1 N–H and O–H groups in total. The Balaban J connectivity index is 1.88. The fourth-order valence-electron chi connectivity index (χ4n) is 2.56. The van der Waals surface area contributed by atoms with Gasteiger partial charge >= 0.3 is 0 Å². The van der Waals surface area contributed by atoms with E-state index in [4.69, 9.17) is 0 Å². The van der Waals surface area contributed by atoms with Crippen LogP contribution in [0.2, 0.25) is 0 Å². The normalized spacial score (nSPS) is 19.9. The van der Waals surface area contributed by atoms with Gasteiger partial charge in [0.15, 0.2) is 0 Å². The summed E-state index contributed by atoms with van der Waals surface area (Å²) in [5.74, 6) is 0. The lowest BCUT2D eigenvalue weighted by Gasteiger charge is -2.32. The van der Waals surface area contributed by atoms with Gasteiger partial charge in [-0.3, -0.25) is 0 Å². The Morgan fingerprint density at radius 3 is 2.30 bits per heavy atom. The zero-order chi connectivity index (χ0) is 14.8. The zero-order valence-electron chi connectivity index (χ0n) is 11.8. The molecule has 4 nitrogen and oxygen atoms in total. The monoisotopic (exact) mass is 408 g/mol. The van der Waals surface area contributed by atoms with Crippen LogP contribution >= 0.6 is 22.6 Å². The van der Waals surface area contributed by atoms with Crippen LogP contribution < -0.4 is 5.32 Å². The summed E-state index contributed by atoms with van der Waals surface area (Å²) in [6, 6.07) is 9.20. The highest BCUT2D eigenvalue weighted by Crippen LogP contribution is 2.19. The molecule has 0 saturated carbocycles. The van der Waals surface area contributed by atoms with Gasteiger partial charge in [-0.05, 0) is 60.1 Å². The van der Waals surface area contributed by atoms with Crippen molar-refractivity contribution in [3.8, 4) is 0 Å². The van der Waals surface area contributed by atoms with Crippen LogP contribution in [0, 0.1) is 3.57 Å². The molecule has 1 saturated heterocycles. The van der Waals surface area contributed by atoms with Gasteiger partial charge in [0.1, 0.15) is 0 Å². The van der Waals surface area contributed by atoms with E-state index in [1.807, 2.05) is 0 Å². The summed E-state index contributed by atoms with van der Waals surface area (Å²) in [5, 5.41) is 3.60. The first-order valence-corrected chi connectivity index (χ1v) is 9.75. The number of sulfonamides is 1. The van der Waals surface area contributed by atoms with E-state index in [0.717, 1.165) is 12.8 Å². The molecule has 1 aliphatic rings. The molecule has 1 unspecified atom stereocenters. The second-order valence-corrected chi connectivity index (χ2v) is 8.60. The van der Waals surface area contributed by atoms with Crippen LogP contribution in [0.25, 0.3) is 0 Å². The summed E-state index contributed by atoms with van der Waals surface area (Å²) in [6.45, 7) is 3.40. The summed E-state index contributed by atoms with van der Waals surface area (Å²) in [5.41, 5.74) is 1.27. The van der Waals surface area contributed by atoms with Gasteiger partial charge in [0.05, 0.1) is 6.26 Å². The van der Waals surface area contributed by atoms with Gasteiger partial charge in [-0.15, -0.1) is 0 Å². The molecule has 6 heteroatoms. The Morgan fingerprint density at radius 2 is 1.80 bits per heavy atom. The minimum atomic E-state index is -3.03. The summed E-state index contributed by atoms with van der Waals surface area (Å²) in [4.78, 5) is 0. The van der Waals surface area contributed by atoms with E-state index in [1.54, 1.807) is 4.31 Å². The Hall–Kier alpha value is -0.180. The van der Waals surface area contributed by atoms with Gasteiger partial charge < -0.3 is 5.32 Å². The first kappa shape index (κ1) is 16.2. The molecular formula is C14H21IN2O2S. The molecule has 20 heavy (non-hydrogen) atoms. The summed E-state index contributed by atoms with van der Waals surface area (Å²) in [7, 11) is -3.03. The average Bonchev–Trinajstić information content (AvgIpc) is 2.39. The second kappa shape index (κ2) is 6.72. The van der Waals surface area contributed by atoms with Crippen LogP contribution in [-0.2, 0) is 10.0 Å². The lowest BCUT2D eigenvalue weighted by molar-refractivity contribution is 0.278. The molecule has 2 rings (SSSR count). The minimum Gasteiger partial charge on any atom is -0.307 e. The molecule has 1 aromatic carbocycles. The van der Waals surface area contributed by atoms with Crippen molar-refractivity contribution in [3.63, 3.8) is 0 Å². The topological polar surface area (TPSA) is 49.4 Å². The minimum absolute atomic E-state index is 0.293. The van der Waals surface area contributed by atoms with Gasteiger partial charge in [-0.25, -0.2) is 12.7 Å². The van der Waals surface area contributed by atoms with Gasteiger partial charge in [-0.1, -0.05) is 12.1 Å². The van der Waals surface area contributed by atoms with E-state index in [1.165, 1.54) is 15.4 Å². The average molecular weight is 408 g/mol. The Labute approximate surface area is 135 Å². The molecule has 1 atom stereocenters. The number of piperidine rings is 1. The predicted octanol–water partition coefficient (Wildman–Crippen LogP) is 2.37. The van der Waals surface area contributed by atoms with Gasteiger partial charge in [0.2, 0.25) is 10.0 Å². The molecule has 0 bridgehead atoms. The largest absolute Gasteiger partial charge is 0.307 e. The van der Waals surface area contributed by atoms with E-state index >= 15 is 0 Å². The van der Waals surface area contributed by atoms with Crippen molar-refractivity contribution in [2.45, 2.75) is 31.8 Å². The third kappa shape index (κ3) is 4.41. The zero-order valence-corrected chi connectivity index (χ0v) is 14.8. The molecule has 0 spiro atoms. The number of benzene rings is 1. The highest BCUT2D eigenvalue weighted by atomic mass is 127. The second-order valence-electron chi connectivity index (χ2n) is 5.38. The van der Waals surface area contributed by atoms with Crippen molar-refractivity contribution in [2.75, 3.05) is 19.3 Å². The van der Waals surface area contributed by atoms with E-state index in [-0.39, 0.29) is 0 Å². The molecule has 1 fully saturated rings. The van der Waals surface area contributed by atoms with Crippen molar-refractivity contribution in [1.29, 1.82) is 0 Å². The molecule has 1 aromatic rings. The van der Waals surface area contributed by atoms with E-state index < -0.39 is 10.0 Å². The SMILES string of the molecule is CC(NC1CCN(S(C)(=O)=O)CC1)c1ccc(I)cc1. The number of rotatable bonds is 4. The van der Waals surface area contributed by atoms with Gasteiger partial charge in [-0.2, -0.15) is 0 Å². The summed E-state index contributed by atoms with van der Waals surface area (Å²) in [6.07, 6.45) is 3.04. The number of hydrogen-bond acceptors (Lipinski definition) is 3. The lowest BCUT2D eigenvalue weighted by atomic mass is 10.0. The lowest BCUT2D eigenvalue weighted by Crippen LogP contribution is -2.45. The standard InChI is InChI=1S/C14H21IN2O2S/c1-11(12-3-5-13(15)6-4-12)16-14-7-9-17(10-8-14)20(2,18)19/h3-6,11,14,16H,7-10H2,1-2H3. The van der Waals surface area contributed by atoms with Gasteiger partial charge in [0, 0.05) is 28.7 Å². The first-order valence-electron chi connectivity index (χ1n) is 6.83. The quantitative estimate of drug-likeness (QED) is 0.779. The smallest absolute Gasteiger partial charge is 0.211 e. The third-order valence-corrected chi connectivity index (χ3v) is 5.80. The van der Waals surface area contributed by atoms with E-state index in [2.05, 4.69) is 59.1 Å². The van der Waals surface area contributed by atoms with Crippen LogP contribution in [0.3, 0.4) is 0 Å². The van der Waals surface area contributed by atoms with Crippen molar-refractivity contribution >= 4 is 32.6 Å². The maximum Gasteiger partial charge on any atom is 0.211 e. The third-order valence-electron chi connectivity index (χ3n) is 3.78. The fourth-order valence-corrected chi connectivity index (χ4v) is 3.79. The van der Waals surface area contributed by atoms with Crippen molar-refractivity contribution in [1.82, 2.24) is 9.62 Å². The number of nitrogens with zero attached hydrogens (tertiary/aromatic N) is 1. The molecule has 0 aromatic heterocycles. The first-order chi connectivity index (χ1) is 9.36. The number of halogens is 1. The molecule has 1 aliphatic heterocycles. The number of nitrogens with one attached hydrogen (secondary N) is 1. The Morgan fingerprint density at radius 1 is 1.25 bits per heavy atom.